The smallest absolute Gasteiger partial charge is 0.341 e. The fraction of sp³-hybridized carbons (Fsp3) is 0.600. The minimum atomic E-state index is -4.98. The van der Waals surface area contributed by atoms with Crippen molar-refractivity contribution in [1.82, 2.24) is 10.2 Å². The molecule has 31 heavy (non-hydrogen) atoms. The molecule has 2 amide bonds. The number of halogens is 6. The van der Waals surface area contributed by atoms with E-state index >= 15 is 0 Å². The van der Waals surface area contributed by atoms with Gasteiger partial charge in [0.05, 0.1) is 17.2 Å². The molecule has 0 bridgehead atoms. The number of alkyl halides is 6. The zero-order valence-corrected chi connectivity index (χ0v) is 16.6. The topological polar surface area (TPSA) is 61.4 Å². The van der Waals surface area contributed by atoms with Gasteiger partial charge in [-0.15, -0.1) is 0 Å². The maximum Gasteiger partial charge on any atom is 0.416 e. The van der Waals surface area contributed by atoms with Gasteiger partial charge in [-0.3, -0.25) is 9.59 Å². The van der Waals surface area contributed by atoms with Crippen molar-refractivity contribution >= 4 is 17.5 Å². The van der Waals surface area contributed by atoms with Gasteiger partial charge in [-0.1, -0.05) is 0 Å². The van der Waals surface area contributed by atoms with Crippen LogP contribution in [-0.4, -0.2) is 42.4 Å². The van der Waals surface area contributed by atoms with Crippen LogP contribution in [0.1, 0.15) is 43.2 Å². The molecule has 1 aromatic rings. The fourth-order valence-corrected chi connectivity index (χ4v) is 3.97. The van der Waals surface area contributed by atoms with Crippen LogP contribution in [0, 0.1) is 5.92 Å². The van der Waals surface area contributed by atoms with Gasteiger partial charge in [0, 0.05) is 25.2 Å². The number of hydrogen-bond donors (Lipinski definition) is 2. The zero-order valence-electron chi connectivity index (χ0n) is 16.6. The molecule has 0 aromatic heterocycles. The van der Waals surface area contributed by atoms with Crippen molar-refractivity contribution in [2.75, 3.05) is 25.0 Å². The van der Waals surface area contributed by atoms with Crippen molar-refractivity contribution in [3.05, 3.63) is 29.3 Å². The molecule has 172 valence electrons. The Balaban J connectivity index is 1.58. The molecule has 5 nitrogen and oxygen atoms in total. The first kappa shape index (κ1) is 23.4. The Morgan fingerprint density at radius 2 is 1.55 bits per heavy atom. The molecule has 3 rings (SSSR count). The Hall–Kier alpha value is -2.30. The molecule has 2 heterocycles. The van der Waals surface area contributed by atoms with Crippen LogP contribution in [0.4, 0.5) is 32.0 Å². The highest BCUT2D eigenvalue weighted by Crippen LogP contribution is 2.37. The van der Waals surface area contributed by atoms with Crippen LogP contribution in [0.2, 0.25) is 0 Å². The van der Waals surface area contributed by atoms with Crippen molar-refractivity contribution in [3.63, 3.8) is 0 Å². The molecule has 0 unspecified atom stereocenters. The van der Waals surface area contributed by atoms with E-state index in [2.05, 4.69) is 10.6 Å². The third kappa shape index (κ3) is 6.11. The second-order valence-electron chi connectivity index (χ2n) is 7.96. The number of hydrogen-bond acceptors (Lipinski definition) is 3. The summed E-state index contributed by atoms with van der Waals surface area (Å²) in [4.78, 5) is 26.4. The number of piperidine rings is 1. The molecule has 1 atom stereocenters. The molecule has 0 aliphatic carbocycles. The zero-order chi connectivity index (χ0) is 22.8. The van der Waals surface area contributed by atoms with E-state index in [1.165, 1.54) is 0 Å². The molecule has 2 saturated heterocycles. The van der Waals surface area contributed by atoms with E-state index < -0.39 is 35.1 Å². The lowest BCUT2D eigenvalue weighted by atomic mass is 9.92. The average Bonchev–Trinajstić information content (AvgIpc) is 3.21. The van der Waals surface area contributed by atoms with Crippen molar-refractivity contribution in [3.8, 4) is 0 Å². The minimum absolute atomic E-state index is 0.0155. The van der Waals surface area contributed by atoms with Gasteiger partial charge >= 0.3 is 12.4 Å². The van der Waals surface area contributed by atoms with Gasteiger partial charge in [0.25, 0.3) is 0 Å². The number of rotatable bonds is 4. The molecule has 2 aliphatic rings. The van der Waals surface area contributed by atoms with Gasteiger partial charge in [0.2, 0.25) is 11.8 Å². The fourth-order valence-electron chi connectivity index (χ4n) is 3.97. The lowest BCUT2D eigenvalue weighted by molar-refractivity contribution is -0.143. The summed E-state index contributed by atoms with van der Waals surface area (Å²) in [6.07, 6.45) is -7.18. The van der Waals surface area contributed by atoms with Gasteiger partial charge in [0.1, 0.15) is 0 Å². The largest absolute Gasteiger partial charge is 0.416 e. The van der Waals surface area contributed by atoms with Gasteiger partial charge in [-0.25, -0.2) is 0 Å². The number of amides is 2. The van der Waals surface area contributed by atoms with Crippen LogP contribution >= 0.6 is 0 Å². The van der Waals surface area contributed by atoms with E-state index in [9.17, 15) is 35.9 Å². The SMILES string of the molecule is O=C(CC1CCN(C(=O)[C@@H]2CCCN2)CC1)Nc1cc(C(F)(F)F)cc(C(F)(F)F)c1. The van der Waals surface area contributed by atoms with Crippen LogP contribution in [0.25, 0.3) is 0 Å². The highest BCUT2D eigenvalue weighted by molar-refractivity contribution is 5.91. The van der Waals surface area contributed by atoms with E-state index in [-0.39, 0.29) is 30.4 Å². The number of carbonyl (C=O) groups excluding carboxylic acids is 2. The lowest BCUT2D eigenvalue weighted by Crippen LogP contribution is -2.47. The predicted molar refractivity (Wildman–Crippen MR) is 100 cm³/mol. The van der Waals surface area contributed by atoms with E-state index in [0.29, 0.717) is 38.1 Å². The quantitative estimate of drug-likeness (QED) is 0.680. The first-order valence-corrected chi connectivity index (χ1v) is 10.0. The molecule has 0 spiro atoms. The van der Waals surface area contributed by atoms with Crippen molar-refractivity contribution in [1.29, 1.82) is 0 Å². The van der Waals surface area contributed by atoms with Crippen LogP contribution in [0.5, 0.6) is 0 Å². The standard InChI is InChI=1S/C20H23F6N3O2/c21-19(22,23)13-9-14(20(24,25)26)11-15(10-13)28-17(30)8-12-3-6-29(7-4-12)18(31)16-2-1-5-27-16/h9-12,16,27H,1-8H2,(H,28,30)/t16-/m0/s1. The summed E-state index contributed by atoms with van der Waals surface area (Å²) in [5.74, 6) is -0.729. The Bertz CT molecular complexity index is 778. The number of nitrogens with zero attached hydrogens (tertiary/aromatic N) is 1. The first-order valence-electron chi connectivity index (χ1n) is 10.0. The Morgan fingerprint density at radius 1 is 0.968 bits per heavy atom. The molecule has 0 saturated carbocycles. The van der Waals surface area contributed by atoms with Crippen LogP contribution in [0.15, 0.2) is 18.2 Å². The van der Waals surface area contributed by atoms with Crippen LogP contribution in [-0.2, 0) is 21.9 Å². The first-order chi connectivity index (χ1) is 14.4. The van der Waals surface area contributed by atoms with E-state index in [1.807, 2.05) is 0 Å². The Labute approximate surface area is 175 Å². The maximum atomic E-state index is 12.9. The molecular weight excluding hydrogens is 428 g/mol. The Morgan fingerprint density at radius 3 is 2.03 bits per heavy atom. The summed E-state index contributed by atoms with van der Waals surface area (Å²) >= 11 is 0. The third-order valence-corrected chi connectivity index (χ3v) is 5.63. The summed E-state index contributed by atoms with van der Waals surface area (Å²) in [5.41, 5.74) is -3.51. The number of likely N-dealkylation sites (tertiary alicyclic amines) is 1. The molecule has 2 N–H and O–H groups in total. The summed E-state index contributed by atoms with van der Waals surface area (Å²) in [7, 11) is 0. The summed E-state index contributed by atoms with van der Waals surface area (Å²) in [5, 5.41) is 5.30. The van der Waals surface area contributed by atoms with Crippen molar-refractivity contribution in [2.45, 2.75) is 50.5 Å². The van der Waals surface area contributed by atoms with E-state index in [1.54, 1.807) is 4.90 Å². The van der Waals surface area contributed by atoms with Gasteiger partial charge in [-0.05, 0) is 56.3 Å². The Kier molecular flexibility index (Phi) is 6.82. The molecule has 11 heteroatoms. The van der Waals surface area contributed by atoms with Gasteiger partial charge < -0.3 is 15.5 Å². The number of carbonyl (C=O) groups is 2. The lowest BCUT2D eigenvalue weighted by Gasteiger charge is -2.33. The molecule has 1 aromatic carbocycles. The monoisotopic (exact) mass is 451 g/mol. The van der Waals surface area contributed by atoms with E-state index in [0.717, 1.165) is 19.4 Å². The minimum Gasteiger partial charge on any atom is -0.341 e. The van der Waals surface area contributed by atoms with E-state index in [4.69, 9.17) is 0 Å². The number of anilines is 1. The summed E-state index contributed by atoms with van der Waals surface area (Å²) < 4.78 is 77.7. The van der Waals surface area contributed by atoms with Crippen LogP contribution < -0.4 is 10.6 Å². The molecule has 0 radical (unpaired) electrons. The highest BCUT2D eigenvalue weighted by Gasteiger charge is 2.37. The third-order valence-electron chi connectivity index (χ3n) is 5.63. The summed E-state index contributed by atoms with van der Waals surface area (Å²) in [6.45, 7) is 1.74. The second-order valence-corrected chi connectivity index (χ2v) is 7.96. The normalized spacial score (nSPS) is 20.7. The summed E-state index contributed by atoms with van der Waals surface area (Å²) in [6, 6.07) is 0.816. The molecular formula is C20H23F6N3O2. The van der Waals surface area contributed by atoms with Gasteiger partial charge in [-0.2, -0.15) is 26.3 Å². The number of nitrogens with one attached hydrogen (secondary N) is 2. The second kappa shape index (κ2) is 9.05. The molecule has 2 fully saturated rings. The van der Waals surface area contributed by atoms with Gasteiger partial charge in [0.15, 0.2) is 0 Å². The highest BCUT2D eigenvalue weighted by atomic mass is 19.4. The van der Waals surface area contributed by atoms with Crippen molar-refractivity contribution in [2.24, 2.45) is 5.92 Å². The molecule has 2 aliphatic heterocycles. The van der Waals surface area contributed by atoms with Crippen molar-refractivity contribution < 1.29 is 35.9 Å². The number of benzene rings is 1. The maximum absolute atomic E-state index is 12.9. The predicted octanol–water partition coefficient (Wildman–Crippen LogP) is 4.04. The van der Waals surface area contributed by atoms with Crippen LogP contribution in [0.3, 0.4) is 0 Å². The average molecular weight is 451 g/mol.